The maximum Gasteiger partial charge on any atom is 0.408 e. The molecule has 194 valence electrons. The second kappa shape index (κ2) is 15.6. The van der Waals surface area contributed by atoms with Crippen LogP contribution in [0.4, 0.5) is 4.79 Å². The largest absolute Gasteiger partial charge is 0.481 e. The molecule has 13 heteroatoms. The van der Waals surface area contributed by atoms with Gasteiger partial charge in [-0.3, -0.25) is 24.0 Å². The molecular weight excluding hydrogens is 464 g/mol. The van der Waals surface area contributed by atoms with Crippen LogP contribution in [0.25, 0.3) is 0 Å². The van der Waals surface area contributed by atoms with E-state index in [0.717, 1.165) is 12.5 Å². The maximum atomic E-state index is 12.3. The maximum absolute atomic E-state index is 12.3. The monoisotopic (exact) mass is 496 g/mol. The summed E-state index contributed by atoms with van der Waals surface area (Å²) in [6, 6.07) is 7.80. The minimum atomic E-state index is -1.22. The highest BCUT2D eigenvalue weighted by molar-refractivity contribution is 5.92. The van der Waals surface area contributed by atoms with Crippen molar-refractivity contribution in [1.29, 1.82) is 0 Å². The summed E-state index contributed by atoms with van der Waals surface area (Å²) in [5, 5.41) is 25.4. The molecule has 0 spiro atoms. The third-order valence-electron chi connectivity index (χ3n) is 3.59. The van der Waals surface area contributed by atoms with E-state index in [1.54, 1.807) is 51.1 Å². The van der Waals surface area contributed by atoms with E-state index in [-0.39, 0.29) is 6.42 Å². The molecule has 35 heavy (non-hydrogen) atoms. The molecule has 1 atom stereocenters. The molecule has 0 aromatic heterocycles. The molecule has 13 nitrogen and oxygen atoms in total. The van der Waals surface area contributed by atoms with Gasteiger partial charge in [0.25, 0.3) is 5.97 Å². The SMILES string of the molecule is CC(=O)O.CC(C)(C)OC(=O)NCC(=O)NCC(=O)N[C@@H](Cc1ccccc1)C(=O)NCC(=O)O. The number of ether oxygens (including phenoxy) is 1. The van der Waals surface area contributed by atoms with Crippen LogP contribution in [0.15, 0.2) is 30.3 Å². The average molecular weight is 497 g/mol. The number of nitrogens with one attached hydrogen (secondary N) is 4. The van der Waals surface area contributed by atoms with Crippen LogP contribution >= 0.6 is 0 Å². The lowest BCUT2D eigenvalue weighted by molar-refractivity contribution is -0.138. The molecule has 0 unspecified atom stereocenters. The highest BCUT2D eigenvalue weighted by atomic mass is 16.6. The van der Waals surface area contributed by atoms with Crippen molar-refractivity contribution in [2.45, 2.75) is 45.8 Å². The highest BCUT2D eigenvalue weighted by Crippen LogP contribution is 2.06. The smallest absolute Gasteiger partial charge is 0.408 e. The number of carboxylic acid groups (broad SMARTS) is 2. The van der Waals surface area contributed by atoms with Gasteiger partial charge in [-0.15, -0.1) is 0 Å². The molecule has 0 heterocycles. The van der Waals surface area contributed by atoms with E-state index in [1.807, 2.05) is 0 Å². The number of carbonyl (C=O) groups excluding carboxylic acids is 4. The predicted octanol–water partition coefficient (Wildman–Crippen LogP) is -0.353. The number of amides is 4. The minimum absolute atomic E-state index is 0.131. The summed E-state index contributed by atoms with van der Waals surface area (Å²) in [7, 11) is 0. The highest BCUT2D eigenvalue weighted by Gasteiger charge is 2.22. The molecule has 1 rings (SSSR count). The average Bonchev–Trinajstić information content (AvgIpc) is 2.73. The Balaban J connectivity index is 0.00000267. The molecule has 0 aliphatic heterocycles. The molecular formula is C22H32N4O9. The number of aliphatic carboxylic acids is 2. The molecule has 1 aromatic rings. The number of hydrogen-bond donors (Lipinski definition) is 6. The zero-order valence-electron chi connectivity index (χ0n) is 20.0. The zero-order chi connectivity index (χ0) is 27.0. The van der Waals surface area contributed by atoms with Gasteiger partial charge < -0.3 is 36.2 Å². The van der Waals surface area contributed by atoms with E-state index < -0.39 is 67.0 Å². The first-order valence-electron chi connectivity index (χ1n) is 10.5. The fraction of sp³-hybridized carbons (Fsp3) is 0.455. The van der Waals surface area contributed by atoms with Gasteiger partial charge in [-0.05, 0) is 26.3 Å². The topological polar surface area (TPSA) is 200 Å². The van der Waals surface area contributed by atoms with Gasteiger partial charge in [-0.2, -0.15) is 0 Å². The van der Waals surface area contributed by atoms with Crippen molar-refractivity contribution in [1.82, 2.24) is 21.3 Å². The van der Waals surface area contributed by atoms with Crippen molar-refractivity contribution in [3.05, 3.63) is 35.9 Å². The molecule has 0 saturated heterocycles. The number of rotatable bonds is 10. The standard InChI is InChI=1S/C20H28N4O7.C2H4O2/c1-20(2,3)31-19(30)23-10-15(25)21-11-16(26)24-14(18(29)22-12-17(27)28)9-13-7-5-4-6-8-13;1-2(3)4/h4-8,14H,9-12H2,1-3H3,(H,21,25)(H,22,29)(H,23,30)(H,24,26)(H,27,28);1H3,(H,3,4)/t14-;/m0./s1. The van der Waals surface area contributed by atoms with Gasteiger partial charge in [0.15, 0.2) is 0 Å². The number of alkyl carbamates (subject to hydrolysis) is 1. The first kappa shape index (κ1) is 30.8. The van der Waals surface area contributed by atoms with Crippen molar-refractivity contribution in [2.24, 2.45) is 0 Å². The van der Waals surface area contributed by atoms with Crippen LogP contribution in [-0.4, -0.2) is 77.2 Å². The summed E-state index contributed by atoms with van der Waals surface area (Å²) in [6.07, 6.45) is -0.642. The third kappa shape index (κ3) is 18.0. The van der Waals surface area contributed by atoms with Gasteiger partial charge in [0.1, 0.15) is 24.7 Å². The molecule has 1 aromatic carbocycles. The fourth-order valence-corrected chi connectivity index (χ4v) is 2.30. The van der Waals surface area contributed by atoms with Gasteiger partial charge >= 0.3 is 12.1 Å². The van der Waals surface area contributed by atoms with Gasteiger partial charge in [0, 0.05) is 13.3 Å². The quantitative estimate of drug-likeness (QED) is 0.250. The van der Waals surface area contributed by atoms with Gasteiger partial charge in [-0.25, -0.2) is 4.79 Å². The Bertz CT molecular complexity index is 879. The van der Waals surface area contributed by atoms with Crippen LogP contribution in [-0.2, 0) is 35.1 Å². The normalized spacial score (nSPS) is 11.0. The first-order chi connectivity index (χ1) is 16.2. The van der Waals surface area contributed by atoms with Crippen LogP contribution in [0.1, 0.15) is 33.3 Å². The Kier molecular flexibility index (Phi) is 13.8. The molecule has 0 bridgehead atoms. The van der Waals surface area contributed by atoms with Crippen LogP contribution < -0.4 is 21.3 Å². The Morgan fingerprint density at radius 3 is 1.91 bits per heavy atom. The Hall–Kier alpha value is -4.16. The molecule has 0 aliphatic rings. The second-order valence-electron chi connectivity index (χ2n) is 8.07. The van der Waals surface area contributed by atoms with Crippen molar-refractivity contribution >= 4 is 35.8 Å². The van der Waals surface area contributed by atoms with E-state index in [2.05, 4.69) is 21.3 Å². The number of carbonyl (C=O) groups is 6. The number of carboxylic acids is 2. The van der Waals surface area contributed by atoms with E-state index in [9.17, 15) is 24.0 Å². The first-order valence-corrected chi connectivity index (χ1v) is 10.5. The lowest BCUT2D eigenvalue weighted by Crippen LogP contribution is -2.51. The van der Waals surface area contributed by atoms with Crippen LogP contribution in [0, 0.1) is 0 Å². The van der Waals surface area contributed by atoms with E-state index in [4.69, 9.17) is 19.7 Å². The lowest BCUT2D eigenvalue weighted by Gasteiger charge is -2.20. The third-order valence-corrected chi connectivity index (χ3v) is 3.59. The summed E-state index contributed by atoms with van der Waals surface area (Å²) in [5.41, 5.74) is 0.0407. The zero-order valence-corrected chi connectivity index (χ0v) is 20.0. The van der Waals surface area contributed by atoms with Crippen molar-refractivity contribution < 1.29 is 43.7 Å². The second-order valence-corrected chi connectivity index (χ2v) is 8.07. The van der Waals surface area contributed by atoms with E-state index in [1.165, 1.54) is 0 Å². The Labute approximate surface area is 202 Å². The predicted molar refractivity (Wildman–Crippen MR) is 123 cm³/mol. The summed E-state index contributed by atoms with van der Waals surface area (Å²) in [6.45, 7) is 4.69. The summed E-state index contributed by atoms with van der Waals surface area (Å²) in [4.78, 5) is 67.5. The van der Waals surface area contributed by atoms with Crippen molar-refractivity contribution in [3.8, 4) is 0 Å². The molecule has 4 amide bonds. The minimum Gasteiger partial charge on any atom is -0.481 e. The molecule has 0 aliphatic carbocycles. The number of hydrogen-bond acceptors (Lipinski definition) is 7. The Morgan fingerprint density at radius 1 is 0.857 bits per heavy atom. The molecule has 0 fully saturated rings. The van der Waals surface area contributed by atoms with Crippen molar-refractivity contribution in [2.75, 3.05) is 19.6 Å². The van der Waals surface area contributed by atoms with Gasteiger partial charge in [0.05, 0.1) is 6.54 Å². The van der Waals surface area contributed by atoms with Crippen LogP contribution in [0.5, 0.6) is 0 Å². The van der Waals surface area contributed by atoms with Crippen LogP contribution in [0.2, 0.25) is 0 Å². The molecule has 6 N–H and O–H groups in total. The van der Waals surface area contributed by atoms with Crippen LogP contribution in [0.3, 0.4) is 0 Å². The Morgan fingerprint density at radius 2 is 1.40 bits per heavy atom. The lowest BCUT2D eigenvalue weighted by atomic mass is 10.1. The summed E-state index contributed by atoms with van der Waals surface area (Å²) in [5.74, 6) is -4.01. The van der Waals surface area contributed by atoms with Gasteiger partial charge in [0.2, 0.25) is 17.7 Å². The molecule has 0 radical (unpaired) electrons. The van der Waals surface area contributed by atoms with E-state index >= 15 is 0 Å². The number of benzene rings is 1. The van der Waals surface area contributed by atoms with E-state index in [0.29, 0.717) is 0 Å². The summed E-state index contributed by atoms with van der Waals surface area (Å²) < 4.78 is 4.99. The molecule has 0 saturated carbocycles. The summed E-state index contributed by atoms with van der Waals surface area (Å²) >= 11 is 0. The van der Waals surface area contributed by atoms with Crippen molar-refractivity contribution in [3.63, 3.8) is 0 Å². The fourth-order valence-electron chi connectivity index (χ4n) is 2.30. The van der Waals surface area contributed by atoms with Gasteiger partial charge in [-0.1, -0.05) is 30.3 Å².